The SMILES string of the molecule is COC(=O)c1cc(-c2ccccc2)cn2nc(CCN3CCOCC3)nc12. The van der Waals surface area contributed by atoms with E-state index in [0.717, 1.165) is 56.2 Å². The van der Waals surface area contributed by atoms with Gasteiger partial charge in [-0.15, -0.1) is 0 Å². The van der Waals surface area contributed by atoms with Gasteiger partial charge >= 0.3 is 5.97 Å². The van der Waals surface area contributed by atoms with Crippen LogP contribution in [0.15, 0.2) is 42.6 Å². The third-order valence-electron chi connectivity index (χ3n) is 4.75. The summed E-state index contributed by atoms with van der Waals surface area (Å²) in [7, 11) is 1.38. The summed E-state index contributed by atoms with van der Waals surface area (Å²) in [5.74, 6) is 0.307. The molecule has 3 aromatic rings. The van der Waals surface area contributed by atoms with E-state index in [1.807, 2.05) is 42.6 Å². The molecule has 0 aliphatic carbocycles. The van der Waals surface area contributed by atoms with Crippen LogP contribution in [-0.2, 0) is 15.9 Å². The molecule has 3 heterocycles. The molecule has 0 atom stereocenters. The van der Waals surface area contributed by atoms with Crippen LogP contribution >= 0.6 is 0 Å². The van der Waals surface area contributed by atoms with Crippen LogP contribution < -0.4 is 0 Å². The van der Waals surface area contributed by atoms with Gasteiger partial charge < -0.3 is 9.47 Å². The van der Waals surface area contributed by atoms with Gasteiger partial charge in [0.25, 0.3) is 0 Å². The molecule has 0 saturated carbocycles. The first-order chi connectivity index (χ1) is 13.2. The van der Waals surface area contributed by atoms with Crippen molar-refractivity contribution in [2.45, 2.75) is 6.42 Å². The van der Waals surface area contributed by atoms with Gasteiger partial charge in [-0.3, -0.25) is 4.90 Å². The van der Waals surface area contributed by atoms with Crippen LogP contribution in [0.1, 0.15) is 16.2 Å². The Labute approximate surface area is 157 Å². The fourth-order valence-electron chi connectivity index (χ4n) is 3.27. The highest BCUT2D eigenvalue weighted by molar-refractivity contribution is 5.97. The molecule has 4 rings (SSSR count). The van der Waals surface area contributed by atoms with Crippen molar-refractivity contribution in [1.82, 2.24) is 19.5 Å². The van der Waals surface area contributed by atoms with E-state index in [4.69, 9.17) is 9.47 Å². The number of hydrogen-bond donors (Lipinski definition) is 0. The Hall–Kier alpha value is -2.77. The Morgan fingerprint density at radius 3 is 2.70 bits per heavy atom. The van der Waals surface area contributed by atoms with E-state index in [1.54, 1.807) is 4.52 Å². The van der Waals surface area contributed by atoms with E-state index in [0.29, 0.717) is 11.2 Å². The summed E-state index contributed by atoms with van der Waals surface area (Å²) in [4.78, 5) is 19.2. The average molecular weight is 366 g/mol. The van der Waals surface area contributed by atoms with Crippen molar-refractivity contribution < 1.29 is 14.3 Å². The largest absolute Gasteiger partial charge is 0.465 e. The number of pyridine rings is 1. The number of nitrogens with zero attached hydrogens (tertiary/aromatic N) is 4. The average Bonchev–Trinajstić information content (AvgIpc) is 3.15. The van der Waals surface area contributed by atoms with Crippen LogP contribution in [0.3, 0.4) is 0 Å². The van der Waals surface area contributed by atoms with Crippen LogP contribution in [-0.4, -0.2) is 65.4 Å². The van der Waals surface area contributed by atoms with Crippen molar-refractivity contribution in [3.8, 4) is 11.1 Å². The lowest BCUT2D eigenvalue weighted by Crippen LogP contribution is -2.37. The first-order valence-corrected chi connectivity index (χ1v) is 9.08. The highest BCUT2D eigenvalue weighted by Gasteiger charge is 2.18. The molecule has 7 nitrogen and oxygen atoms in total. The van der Waals surface area contributed by atoms with Gasteiger partial charge in [0, 0.05) is 37.8 Å². The Morgan fingerprint density at radius 2 is 1.96 bits per heavy atom. The lowest BCUT2D eigenvalue weighted by molar-refractivity contribution is 0.0382. The summed E-state index contributed by atoms with van der Waals surface area (Å²) in [5.41, 5.74) is 2.85. The van der Waals surface area contributed by atoms with E-state index in [1.165, 1.54) is 7.11 Å². The first-order valence-electron chi connectivity index (χ1n) is 9.08. The lowest BCUT2D eigenvalue weighted by atomic mass is 10.1. The van der Waals surface area contributed by atoms with E-state index < -0.39 is 5.97 Å². The molecule has 1 saturated heterocycles. The van der Waals surface area contributed by atoms with Crippen LogP contribution in [0.25, 0.3) is 16.8 Å². The molecule has 27 heavy (non-hydrogen) atoms. The number of morpholine rings is 1. The molecule has 1 aliphatic rings. The van der Waals surface area contributed by atoms with Gasteiger partial charge in [-0.05, 0) is 11.6 Å². The molecule has 0 bridgehead atoms. The van der Waals surface area contributed by atoms with Crippen molar-refractivity contribution in [2.75, 3.05) is 40.0 Å². The minimum absolute atomic E-state index is 0.412. The van der Waals surface area contributed by atoms with Crippen molar-refractivity contribution in [2.24, 2.45) is 0 Å². The predicted octanol–water partition coefficient (Wildman–Crippen LogP) is 2.06. The number of carbonyl (C=O) groups is 1. The van der Waals surface area contributed by atoms with Crippen LogP contribution in [0, 0.1) is 0 Å². The number of hydrogen-bond acceptors (Lipinski definition) is 6. The van der Waals surface area contributed by atoms with E-state index >= 15 is 0 Å². The predicted molar refractivity (Wildman–Crippen MR) is 101 cm³/mol. The molecule has 0 radical (unpaired) electrons. The molecule has 0 amide bonds. The second-order valence-electron chi connectivity index (χ2n) is 6.50. The van der Waals surface area contributed by atoms with Crippen molar-refractivity contribution in [3.63, 3.8) is 0 Å². The fraction of sp³-hybridized carbons (Fsp3) is 0.350. The fourth-order valence-corrected chi connectivity index (χ4v) is 3.27. The van der Waals surface area contributed by atoms with E-state index in [2.05, 4.69) is 15.0 Å². The highest BCUT2D eigenvalue weighted by atomic mass is 16.5. The summed E-state index contributed by atoms with van der Waals surface area (Å²) < 4.78 is 12.0. The van der Waals surface area contributed by atoms with Gasteiger partial charge in [0.1, 0.15) is 5.56 Å². The number of aromatic nitrogens is 3. The number of esters is 1. The van der Waals surface area contributed by atoms with Crippen molar-refractivity contribution >= 4 is 11.6 Å². The zero-order chi connectivity index (χ0) is 18.6. The third kappa shape index (κ3) is 3.84. The van der Waals surface area contributed by atoms with Crippen LogP contribution in [0.5, 0.6) is 0 Å². The number of rotatable bonds is 5. The van der Waals surface area contributed by atoms with E-state index in [-0.39, 0.29) is 0 Å². The molecule has 7 heteroatoms. The van der Waals surface area contributed by atoms with Gasteiger partial charge in [-0.1, -0.05) is 30.3 Å². The molecule has 1 aromatic carbocycles. The molecule has 1 aliphatic heterocycles. The number of methoxy groups -OCH3 is 1. The zero-order valence-corrected chi connectivity index (χ0v) is 15.3. The molecule has 0 unspecified atom stereocenters. The third-order valence-corrected chi connectivity index (χ3v) is 4.75. The summed E-state index contributed by atoms with van der Waals surface area (Å²) >= 11 is 0. The second-order valence-corrected chi connectivity index (χ2v) is 6.50. The van der Waals surface area contributed by atoms with Crippen LogP contribution in [0.2, 0.25) is 0 Å². The minimum Gasteiger partial charge on any atom is -0.465 e. The minimum atomic E-state index is -0.412. The topological polar surface area (TPSA) is 69.0 Å². The number of ether oxygens (including phenoxy) is 2. The zero-order valence-electron chi connectivity index (χ0n) is 15.3. The van der Waals surface area contributed by atoms with Gasteiger partial charge in [-0.25, -0.2) is 14.3 Å². The molecular weight excluding hydrogens is 344 g/mol. The Morgan fingerprint density at radius 1 is 1.19 bits per heavy atom. The maximum Gasteiger partial charge on any atom is 0.341 e. The van der Waals surface area contributed by atoms with Crippen molar-refractivity contribution in [1.29, 1.82) is 0 Å². The number of carbonyl (C=O) groups excluding carboxylic acids is 1. The monoisotopic (exact) mass is 366 g/mol. The molecule has 2 aromatic heterocycles. The molecule has 0 N–H and O–H groups in total. The van der Waals surface area contributed by atoms with Gasteiger partial charge in [0.05, 0.1) is 20.3 Å². The number of fused-ring (bicyclic) bond motifs is 1. The van der Waals surface area contributed by atoms with E-state index in [9.17, 15) is 4.79 Å². The lowest BCUT2D eigenvalue weighted by Gasteiger charge is -2.25. The summed E-state index contributed by atoms with van der Waals surface area (Å²) in [5, 5.41) is 4.60. The maximum absolute atomic E-state index is 12.3. The summed E-state index contributed by atoms with van der Waals surface area (Å²) in [6.45, 7) is 4.27. The maximum atomic E-state index is 12.3. The Bertz CT molecular complexity index is 933. The number of benzene rings is 1. The summed E-state index contributed by atoms with van der Waals surface area (Å²) in [6, 6.07) is 11.7. The quantitative estimate of drug-likeness (QED) is 0.644. The smallest absolute Gasteiger partial charge is 0.341 e. The highest BCUT2D eigenvalue weighted by Crippen LogP contribution is 2.23. The standard InChI is InChI=1S/C20H22N4O3/c1-26-20(25)17-13-16(15-5-3-2-4-6-15)14-24-19(17)21-18(22-24)7-8-23-9-11-27-12-10-23/h2-6,13-14H,7-12H2,1H3. The Balaban J connectivity index is 1.66. The van der Waals surface area contributed by atoms with Gasteiger partial charge in [0.15, 0.2) is 11.5 Å². The molecule has 1 fully saturated rings. The first kappa shape index (κ1) is 17.6. The Kier molecular flexibility index (Phi) is 5.13. The molecule has 0 spiro atoms. The second kappa shape index (κ2) is 7.85. The van der Waals surface area contributed by atoms with Gasteiger partial charge in [-0.2, -0.15) is 5.10 Å². The van der Waals surface area contributed by atoms with Crippen LogP contribution in [0.4, 0.5) is 0 Å². The normalized spacial score (nSPS) is 15.1. The van der Waals surface area contributed by atoms with Gasteiger partial charge in [0.2, 0.25) is 0 Å². The molecule has 140 valence electrons. The van der Waals surface area contributed by atoms with Crippen molar-refractivity contribution in [3.05, 3.63) is 54.0 Å². The summed E-state index contributed by atoms with van der Waals surface area (Å²) in [6.07, 6.45) is 2.63. The molecular formula is C20H22N4O3.